The Bertz CT molecular complexity index is 2510. The van der Waals surface area contributed by atoms with Gasteiger partial charge in [-0.15, -0.1) is 22.7 Å². The molecule has 9 aromatic rings. The summed E-state index contributed by atoms with van der Waals surface area (Å²) in [6.07, 6.45) is 0. The van der Waals surface area contributed by atoms with E-state index in [1.807, 2.05) is 22.7 Å². The van der Waals surface area contributed by atoms with Gasteiger partial charge in [-0.25, -0.2) is 0 Å². The van der Waals surface area contributed by atoms with Gasteiger partial charge < -0.3 is 9.80 Å². The number of benzene rings is 7. The standard InChI is InChI=1S/C43H30N2S2/c1-29-11-10-16-32(25-29)45(34-19-22-37-36-17-8-9-18-40(36)46-42(37)27-34)35-20-23-38-39-26-33(21-24-41(39)47-43(38)28-35)44(30-12-4-2-5-13-30)31-14-6-3-7-15-31/h2-28H,1H3. The number of hydrogen-bond acceptors (Lipinski definition) is 4. The van der Waals surface area contributed by atoms with Crippen molar-refractivity contribution in [3.63, 3.8) is 0 Å². The molecule has 2 aromatic heterocycles. The maximum atomic E-state index is 2.40. The van der Waals surface area contributed by atoms with Gasteiger partial charge in [0.25, 0.3) is 0 Å². The fourth-order valence-electron chi connectivity index (χ4n) is 6.70. The number of para-hydroxylation sites is 2. The minimum absolute atomic E-state index is 1.14. The summed E-state index contributed by atoms with van der Waals surface area (Å²) in [6, 6.07) is 59.5. The van der Waals surface area contributed by atoms with Crippen LogP contribution in [0.2, 0.25) is 0 Å². The molecule has 0 aliphatic carbocycles. The number of rotatable bonds is 6. The first-order valence-corrected chi connectivity index (χ1v) is 17.5. The lowest BCUT2D eigenvalue weighted by atomic mass is 10.1. The first-order valence-electron chi connectivity index (χ1n) is 15.8. The van der Waals surface area contributed by atoms with Crippen molar-refractivity contribution in [3.05, 3.63) is 169 Å². The molecule has 4 heteroatoms. The lowest BCUT2D eigenvalue weighted by Gasteiger charge is -2.26. The fourth-order valence-corrected chi connectivity index (χ4v) is 8.96. The predicted octanol–water partition coefficient (Wildman–Crippen LogP) is 13.7. The van der Waals surface area contributed by atoms with E-state index in [0.29, 0.717) is 0 Å². The van der Waals surface area contributed by atoms with Gasteiger partial charge in [-0.1, -0.05) is 78.9 Å². The monoisotopic (exact) mass is 638 g/mol. The van der Waals surface area contributed by atoms with Gasteiger partial charge in [-0.3, -0.25) is 0 Å². The maximum Gasteiger partial charge on any atom is 0.0476 e. The van der Waals surface area contributed by atoms with E-state index >= 15 is 0 Å². The molecule has 0 atom stereocenters. The maximum absolute atomic E-state index is 2.40. The molecule has 9 rings (SSSR count). The third-order valence-electron chi connectivity index (χ3n) is 8.86. The number of aryl methyl sites for hydroxylation is 1. The van der Waals surface area contributed by atoms with Crippen molar-refractivity contribution in [1.29, 1.82) is 0 Å². The van der Waals surface area contributed by atoms with Gasteiger partial charge in [0.1, 0.15) is 0 Å². The normalized spacial score (nSPS) is 11.5. The SMILES string of the molecule is Cc1cccc(N(c2ccc3c(c2)sc2ccccc23)c2ccc3c(c2)sc2ccc(N(c4ccccc4)c4ccccc4)cc23)c1. The zero-order valence-corrected chi connectivity index (χ0v) is 27.4. The molecule has 224 valence electrons. The van der Waals surface area contributed by atoms with Gasteiger partial charge in [0, 0.05) is 74.5 Å². The Balaban J connectivity index is 1.18. The van der Waals surface area contributed by atoms with E-state index in [9.17, 15) is 0 Å². The number of thiophene rings is 2. The average molecular weight is 639 g/mol. The molecule has 0 bridgehead atoms. The van der Waals surface area contributed by atoms with Gasteiger partial charge >= 0.3 is 0 Å². The molecule has 7 aromatic carbocycles. The highest BCUT2D eigenvalue weighted by Crippen LogP contribution is 2.45. The van der Waals surface area contributed by atoms with Crippen LogP contribution in [0.3, 0.4) is 0 Å². The van der Waals surface area contributed by atoms with Crippen molar-refractivity contribution in [3.8, 4) is 0 Å². The van der Waals surface area contributed by atoms with Crippen LogP contribution in [-0.2, 0) is 0 Å². The van der Waals surface area contributed by atoms with Crippen LogP contribution in [0.5, 0.6) is 0 Å². The zero-order chi connectivity index (χ0) is 31.3. The van der Waals surface area contributed by atoms with Crippen molar-refractivity contribution in [2.45, 2.75) is 6.92 Å². The molecule has 0 saturated heterocycles. The Morgan fingerprint density at radius 3 is 1.45 bits per heavy atom. The number of fused-ring (bicyclic) bond motifs is 6. The van der Waals surface area contributed by atoms with Crippen LogP contribution in [0.25, 0.3) is 40.3 Å². The molecular formula is C43H30N2S2. The third-order valence-corrected chi connectivity index (χ3v) is 11.1. The molecule has 2 heterocycles. The Morgan fingerprint density at radius 2 is 0.787 bits per heavy atom. The van der Waals surface area contributed by atoms with Gasteiger partial charge in [0.05, 0.1) is 0 Å². The summed E-state index contributed by atoms with van der Waals surface area (Å²) in [5, 5.41) is 5.19. The first-order chi connectivity index (χ1) is 23.2. The summed E-state index contributed by atoms with van der Waals surface area (Å²) in [5.41, 5.74) is 8.16. The van der Waals surface area contributed by atoms with Crippen LogP contribution in [-0.4, -0.2) is 0 Å². The van der Waals surface area contributed by atoms with E-state index < -0.39 is 0 Å². The highest BCUT2D eigenvalue weighted by Gasteiger charge is 2.18. The molecule has 47 heavy (non-hydrogen) atoms. The molecule has 0 amide bonds. The molecule has 0 N–H and O–H groups in total. The van der Waals surface area contributed by atoms with E-state index in [0.717, 1.165) is 28.4 Å². The minimum Gasteiger partial charge on any atom is -0.310 e. The molecule has 0 aliphatic heterocycles. The Kier molecular flexibility index (Phi) is 6.77. The predicted molar refractivity (Wildman–Crippen MR) is 206 cm³/mol. The van der Waals surface area contributed by atoms with Crippen LogP contribution in [0, 0.1) is 6.92 Å². The minimum atomic E-state index is 1.14. The van der Waals surface area contributed by atoms with E-state index in [1.54, 1.807) is 0 Å². The van der Waals surface area contributed by atoms with E-state index in [-0.39, 0.29) is 0 Å². The van der Waals surface area contributed by atoms with Crippen molar-refractivity contribution >= 4 is 97.1 Å². The van der Waals surface area contributed by atoms with Crippen LogP contribution < -0.4 is 9.80 Å². The summed E-state index contributed by atoms with van der Waals surface area (Å²) in [7, 11) is 0. The third kappa shape index (κ3) is 4.94. The number of hydrogen-bond donors (Lipinski definition) is 0. The van der Waals surface area contributed by atoms with Crippen molar-refractivity contribution in [2.75, 3.05) is 9.80 Å². The first kappa shape index (κ1) is 27.9. The average Bonchev–Trinajstić information content (AvgIpc) is 3.67. The second-order valence-corrected chi connectivity index (χ2v) is 14.1. The Labute approximate surface area is 282 Å². The quantitative estimate of drug-likeness (QED) is 0.179. The van der Waals surface area contributed by atoms with Crippen molar-refractivity contribution < 1.29 is 0 Å². The summed E-state index contributed by atoms with van der Waals surface area (Å²) in [5.74, 6) is 0. The van der Waals surface area contributed by atoms with Gasteiger partial charge in [0.2, 0.25) is 0 Å². The van der Waals surface area contributed by atoms with Gasteiger partial charge in [0.15, 0.2) is 0 Å². The van der Waals surface area contributed by atoms with Crippen LogP contribution in [0.4, 0.5) is 34.1 Å². The molecule has 0 saturated carbocycles. The second kappa shape index (κ2) is 11.4. The number of nitrogens with zero attached hydrogens (tertiary/aromatic N) is 2. The molecular weight excluding hydrogens is 609 g/mol. The molecule has 0 aliphatic rings. The number of anilines is 6. The molecule has 0 spiro atoms. The van der Waals surface area contributed by atoms with E-state index in [1.165, 1.54) is 51.6 Å². The fraction of sp³-hybridized carbons (Fsp3) is 0.0233. The summed E-state index contributed by atoms with van der Waals surface area (Å²) >= 11 is 3.73. The molecule has 0 unspecified atom stereocenters. The summed E-state index contributed by atoms with van der Waals surface area (Å²) in [4.78, 5) is 4.74. The van der Waals surface area contributed by atoms with E-state index in [4.69, 9.17) is 0 Å². The van der Waals surface area contributed by atoms with Crippen LogP contribution >= 0.6 is 22.7 Å². The van der Waals surface area contributed by atoms with Gasteiger partial charge in [-0.2, -0.15) is 0 Å². The Morgan fingerprint density at radius 1 is 0.319 bits per heavy atom. The van der Waals surface area contributed by atoms with Crippen molar-refractivity contribution in [1.82, 2.24) is 0 Å². The molecule has 0 fully saturated rings. The Hall–Kier alpha value is -5.42. The lowest BCUT2D eigenvalue weighted by Crippen LogP contribution is -2.09. The smallest absolute Gasteiger partial charge is 0.0476 e. The van der Waals surface area contributed by atoms with Crippen molar-refractivity contribution in [2.24, 2.45) is 0 Å². The van der Waals surface area contributed by atoms with Crippen LogP contribution in [0.15, 0.2) is 164 Å². The summed E-state index contributed by atoms with van der Waals surface area (Å²) < 4.78 is 5.20. The van der Waals surface area contributed by atoms with Crippen LogP contribution in [0.1, 0.15) is 5.56 Å². The molecule has 2 nitrogen and oxygen atoms in total. The highest BCUT2D eigenvalue weighted by molar-refractivity contribution is 7.26. The summed E-state index contributed by atoms with van der Waals surface area (Å²) in [6.45, 7) is 2.16. The topological polar surface area (TPSA) is 6.48 Å². The van der Waals surface area contributed by atoms with Gasteiger partial charge in [-0.05, 0) is 97.4 Å². The van der Waals surface area contributed by atoms with E-state index in [2.05, 4.69) is 181 Å². The molecule has 0 radical (unpaired) electrons. The highest BCUT2D eigenvalue weighted by atomic mass is 32.1. The zero-order valence-electron chi connectivity index (χ0n) is 25.8. The lowest BCUT2D eigenvalue weighted by molar-refractivity contribution is 1.28. The second-order valence-electron chi connectivity index (χ2n) is 11.9. The largest absolute Gasteiger partial charge is 0.310 e.